The normalized spacial score (nSPS) is 26.2. The molecule has 0 bridgehead atoms. The smallest absolute Gasteiger partial charge is 0.455 e. The highest BCUT2D eigenvalue weighted by Gasteiger charge is 2.57. The van der Waals surface area contributed by atoms with E-state index in [-0.39, 0.29) is 41.4 Å². The second-order valence-corrected chi connectivity index (χ2v) is 11.9. The number of imide groups is 1. The molecule has 0 saturated carbocycles. The maximum absolute atomic E-state index is 13.7. The minimum Gasteiger partial charge on any atom is -0.507 e. The van der Waals surface area contributed by atoms with E-state index in [0.717, 1.165) is 28.0 Å². The fourth-order valence-electron chi connectivity index (χ4n) is 6.34. The maximum Gasteiger partial charge on any atom is 0.455 e. The highest BCUT2D eigenvalue weighted by atomic mass is 32.1. The van der Waals surface area contributed by atoms with Crippen LogP contribution in [0.5, 0.6) is 5.75 Å². The van der Waals surface area contributed by atoms with E-state index < -0.39 is 13.0 Å². The van der Waals surface area contributed by atoms with Gasteiger partial charge in [0.2, 0.25) is 11.8 Å². The van der Waals surface area contributed by atoms with Gasteiger partial charge in [0.05, 0.1) is 24.5 Å². The molecular formula is C29H34BNO5S. The Hall–Kier alpha value is -2.68. The Morgan fingerprint density at radius 3 is 2.68 bits per heavy atom. The van der Waals surface area contributed by atoms with Crippen LogP contribution >= 0.6 is 11.3 Å². The van der Waals surface area contributed by atoms with Crippen molar-refractivity contribution < 1.29 is 24.4 Å². The molecule has 194 valence electrons. The third-order valence-electron chi connectivity index (χ3n) is 8.07. The van der Waals surface area contributed by atoms with Gasteiger partial charge in [-0.05, 0) is 67.4 Å². The molecule has 2 fully saturated rings. The molecule has 3 aliphatic rings. The number of likely N-dealkylation sites (tertiary alicyclic amines) is 1. The second kappa shape index (κ2) is 10.6. The van der Waals surface area contributed by atoms with Crippen LogP contribution in [0.1, 0.15) is 50.5 Å². The number of aromatic hydroxyl groups is 1. The Kier molecular flexibility index (Phi) is 7.43. The number of carbonyl (C=O) groups is 2. The number of hydrogen-bond acceptors (Lipinski definition) is 6. The third kappa shape index (κ3) is 5.07. The molecule has 2 aromatic rings. The second-order valence-electron chi connectivity index (χ2n) is 10.8. The quantitative estimate of drug-likeness (QED) is 0.295. The van der Waals surface area contributed by atoms with Gasteiger partial charge in [-0.1, -0.05) is 55.3 Å². The summed E-state index contributed by atoms with van der Waals surface area (Å²) in [7, 11) is -0.970. The Balaban J connectivity index is 1.41. The zero-order valence-electron chi connectivity index (χ0n) is 21.6. The summed E-state index contributed by atoms with van der Waals surface area (Å²) < 4.78 is 6.10. The van der Waals surface area contributed by atoms with E-state index in [0.29, 0.717) is 25.7 Å². The summed E-state index contributed by atoms with van der Waals surface area (Å²) in [5.41, 5.74) is 4.18. The topological polar surface area (TPSA) is 87.1 Å². The molecule has 2 N–H and O–H groups in total. The van der Waals surface area contributed by atoms with Crippen molar-refractivity contribution in [3.63, 3.8) is 0 Å². The number of thiophene rings is 1. The van der Waals surface area contributed by atoms with Crippen molar-refractivity contribution in [3.8, 4) is 5.75 Å². The molecule has 0 unspecified atom stereocenters. The van der Waals surface area contributed by atoms with Gasteiger partial charge >= 0.3 is 7.12 Å². The van der Waals surface area contributed by atoms with Gasteiger partial charge in [-0.15, -0.1) is 11.3 Å². The van der Waals surface area contributed by atoms with Crippen LogP contribution in [0.3, 0.4) is 0 Å². The number of hydrogen-bond donors (Lipinski definition) is 2. The van der Waals surface area contributed by atoms with Gasteiger partial charge in [0, 0.05) is 10.4 Å². The number of amides is 2. The van der Waals surface area contributed by atoms with Crippen molar-refractivity contribution in [3.05, 3.63) is 68.9 Å². The minimum atomic E-state index is -0.970. The molecule has 2 saturated heterocycles. The molecule has 3 heterocycles. The van der Waals surface area contributed by atoms with Crippen molar-refractivity contribution in [1.82, 2.24) is 4.90 Å². The Labute approximate surface area is 222 Å². The van der Waals surface area contributed by atoms with Gasteiger partial charge < -0.3 is 14.8 Å². The molecule has 1 aromatic heterocycles. The van der Waals surface area contributed by atoms with Gasteiger partial charge in [-0.2, -0.15) is 0 Å². The van der Waals surface area contributed by atoms with E-state index >= 15 is 0 Å². The first kappa shape index (κ1) is 26.0. The predicted molar refractivity (Wildman–Crippen MR) is 145 cm³/mol. The first-order chi connectivity index (χ1) is 17.7. The molecule has 37 heavy (non-hydrogen) atoms. The number of para-hydroxylation sites is 1. The van der Waals surface area contributed by atoms with Crippen LogP contribution in [-0.2, 0) is 20.8 Å². The van der Waals surface area contributed by atoms with E-state index in [1.165, 1.54) is 10.5 Å². The van der Waals surface area contributed by atoms with Crippen molar-refractivity contribution in [2.24, 2.45) is 23.7 Å². The van der Waals surface area contributed by atoms with Crippen LogP contribution in [0.15, 0.2) is 58.5 Å². The highest BCUT2D eigenvalue weighted by molar-refractivity contribution is 7.09. The zero-order chi connectivity index (χ0) is 26.3. The molecule has 6 nitrogen and oxygen atoms in total. The summed E-state index contributed by atoms with van der Waals surface area (Å²) in [6.07, 6.45) is 3.95. The third-order valence-corrected chi connectivity index (χ3v) is 8.93. The molecule has 8 heteroatoms. The number of allylic oxidation sites excluding steroid dienone is 2. The number of benzene rings is 1. The summed E-state index contributed by atoms with van der Waals surface area (Å²) in [5, 5.41) is 22.8. The largest absolute Gasteiger partial charge is 0.507 e. The molecule has 5 rings (SSSR count). The molecule has 0 spiro atoms. The number of nitrogens with zero attached hydrogens (tertiary/aromatic N) is 1. The van der Waals surface area contributed by atoms with Crippen molar-refractivity contribution in [2.45, 2.75) is 59.0 Å². The van der Waals surface area contributed by atoms with E-state index in [1.54, 1.807) is 23.5 Å². The number of fused-ring (bicyclic) bond motifs is 3. The minimum absolute atomic E-state index is 0.0837. The van der Waals surface area contributed by atoms with E-state index in [9.17, 15) is 19.7 Å². The summed E-state index contributed by atoms with van der Waals surface area (Å²) in [5.74, 6) is -0.747. The SMILES string of the molecule is C/C(=C\c1ccccc1O)CC[C@H]1OB(O)C[C@H]2C1=C(C(C)C)C[C@H]1C(=O)N(Cc3cccs3)C(=O)[C@H]12. The summed E-state index contributed by atoms with van der Waals surface area (Å²) in [6, 6.07) is 11.1. The highest BCUT2D eigenvalue weighted by Crippen LogP contribution is 2.52. The van der Waals surface area contributed by atoms with E-state index in [2.05, 4.69) is 13.8 Å². The molecule has 1 aliphatic carbocycles. The van der Waals surface area contributed by atoms with Crippen LogP contribution in [0.4, 0.5) is 0 Å². The first-order valence-electron chi connectivity index (χ1n) is 13.1. The molecule has 4 atom stereocenters. The fourth-order valence-corrected chi connectivity index (χ4v) is 7.03. The van der Waals surface area contributed by atoms with Crippen molar-refractivity contribution in [2.75, 3.05) is 0 Å². The van der Waals surface area contributed by atoms with Crippen LogP contribution in [0.25, 0.3) is 6.08 Å². The molecular weight excluding hydrogens is 485 g/mol. The van der Waals surface area contributed by atoms with Gasteiger partial charge in [0.25, 0.3) is 0 Å². The van der Waals surface area contributed by atoms with Gasteiger partial charge in [-0.3, -0.25) is 14.5 Å². The zero-order valence-corrected chi connectivity index (χ0v) is 22.4. The molecule has 2 aliphatic heterocycles. The van der Waals surface area contributed by atoms with E-state index in [4.69, 9.17) is 4.65 Å². The predicted octanol–water partition coefficient (Wildman–Crippen LogP) is 5.29. The number of phenols is 1. The summed E-state index contributed by atoms with van der Waals surface area (Å²) >= 11 is 1.55. The number of rotatable bonds is 7. The van der Waals surface area contributed by atoms with Crippen LogP contribution in [-0.4, -0.2) is 40.1 Å². The first-order valence-corrected chi connectivity index (χ1v) is 14.0. The van der Waals surface area contributed by atoms with Crippen LogP contribution in [0.2, 0.25) is 6.32 Å². The van der Waals surface area contributed by atoms with Gasteiger partial charge in [-0.25, -0.2) is 0 Å². The average Bonchev–Trinajstić information content (AvgIpc) is 3.46. The lowest BCUT2D eigenvalue weighted by molar-refractivity contribution is -0.140. The van der Waals surface area contributed by atoms with Crippen molar-refractivity contribution >= 4 is 36.3 Å². The molecule has 2 amide bonds. The number of carbonyl (C=O) groups excluding carboxylic acids is 2. The van der Waals surface area contributed by atoms with Crippen LogP contribution < -0.4 is 0 Å². The lowest BCUT2D eigenvalue weighted by atomic mass is 9.57. The Morgan fingerprint density at radius 1 is 1.19 bits per heavy atom. The summed E-state index contributed by atoms with van der Waals surface area (Å²) in [4.78, 5) is 29.6. The standard InChI is InChI=1S/C29H34BNO5S/c1-17(2)21-14-22-27(29(34)31(28(22)33)16-20-8-6-12-37-20)23-15-30(35)36-25(26(21)23)11-10-18(3)13-19-7-4-5-9-24(19)32/h4-9,12-13,17,22-23,25,27,32,35H,10-11,14-16H2,1-3H3/b18-13+/t22-,23+,25-,27-/m1/s1. The summed E-state index contributed by atoms with van der Waals surface area (Å²) in [6.45, 7) is 6.62. The monoisotopic (exact) mass is 519 g/mol. The molecule has 0 radical (unpaired) electrons. The Morgan fingerprint density at radius 2 is 1.97 bits per heavy atom. The fraction of sp³-hybridized carbons (Fsp3) is 0.448. The van der Waals surface area contributed by atoms with Crippen molar-refractivity contribution in [1.29, 1.82) is 0 Å². The number of phenolic OH excluding ortho intramolecular Hbond substituents is 1. The Bertz CT molecular complexity index is 1240. The average molecular weight is 519 g/mol. The maximum atomic E-state index is 13.7. The van der Waals surface area contributed by atoms with Crippen LogP contribution in [0, 0.1) is 23.7 Å². The lowest BCUT2D eigenvalue weighted by Gasteiger charge is -2.44. The molecule has 1 aromatic carbocycles. The van der Waals surface area contributed by atoms with Gasteiger partial charge in [0.1, 0.15) is 5.75 Å². The van der Waals surface area contributed by atoms with Gasteiger partial charge in [0.15, 0.2) is 0 Å². The van der Waals surface area contributed by atoms with E-state index in [1.807, 2.05) is 42.6 Å². The lowest BCUT2D eigenvalue weighted by Crippen LogP contribution is -2.46.